The van der Waals surface area contributed by atoms with E-state index in [1.165, 1.54) is 60.1 Å². The number of hydrogen-bond acceptors (Lipinski definition) is 6. The maximum Gasteiger partial charge on any atom is 0.191 e. The topological polar surface area (TPSA) is 47.8 Å². The molecule has 1 aliphatic rings. The second-order valence-corrected chi connectivity index (χ2v) is 10.4. The molecule has 0 saturated heterocycles. The van der Waals surface area contributed by atoms with E-state index in [4.69, 9.17) is 0 Å². The van der Waals surface area contributed by atoms with Gasteiger partial charge in [0.15, 0.2) is 10.9 Å². The molecule has 1 aliphatic carbocycles. The van der Waals surface area contributed by atoms with Crippen LogP contribution in [0.4, 0.5) is 0 Å². The third-order valence-corrected chi connectivity index (χ3v) is 8.49. The smallest absolute Gasteiger partial charge is 0.191 e. The van der Waals surface area contributed by atoms with Crippen molar-refractivity contribution >= 4 is 56.1 Å². The number of carbonyl (C=O) groups is 1. The van der Waals surface area contributed by atoms with Crippen LogP contribution in [0.5, 0.6) is 0 Å². The van der Waals surface area contributed by atoms with Gasteiger partial charge < -0.3 is 4.57 Å². The summed E-state index contributed by atoms with van der Waals surface area (Å²) in [4.78, 5) is 14.6. The summed E-state index contributed by atoms with van der Waals surface area (Å²) in [5, 5.41) is 13.9. The zero-order valence-corrected chi connectivity index (χ0v) is 18.8. The van der Waals surface area contributed by atoms with Crippen molar-refractivity contribution in [2.24, 2.45) is 0 Å². The van der Waals surface area contributed by atoms with E-state index in [0.29, 0.717) is 11.8 Å². The number of halogens is 1. The highest BCUT2D eigenvalue weighted by Crippen LogP contribution is 2.34. The maximum atomic E-state index is 12.6. The van der Waals surface area contributed by atoms with Crippen LogP contribution >= 0.6 is 50.4 Å². The predicted molar refractivity (Wildman–Crippen MR) is 116 cm³/mol. The molecular formula is C19H20BrN3OS3. The van der Waals surface area contributed by atoms with Crippen molar-refractivity contribution in [1.82, 2.24) is 14.8 Å². The molecule has 1 fully saturated rings. The summed E-state index contributed by atoms with van der Waals surface area (Å²) in [5.41, 5.74) is 0. The molecule has 3 aromatic heterocycles. The first kappa shape index (κ1) is 19.4. The van der Waals surface area contributed by atoms with Crippen LogP contribution < -0.4 is 0 Å². The van der Waals surface area contributed by atoms with E-state index in [1.54, 1.807) is 11.3 Å². The van der Waals surface area contributed by atoms with Crippen LogP contribution in [-0.4, -0.2) is 26.3 Å². The van der Waals surface area contributed by atoms with Gasteiger partial charge in [0, 0.05) is 21.8 Å². The van der Waals surface area contributed by atoms with Gasteiger partial charge in [-0.15, -0.1) is 32.9 Å². The van der Waals surface area contributed by atoms with Gasteiger partial charge in [-0.1, -0.05) is 37.1 Å². The molecule has 142 valence electrons. The Morgan fingerprint density at radius 2 is 2.04 bits per heavy atom. The average molecular weight is 482 g/mol. The first-order chi connectivity index (χ1) is 13.2. The quantitative estimate of drug-likeness (QED) is 0.296. The minimum Gasteiger partial charge on any atom is -0.303 e. The number of thioether (sulfide) groups is 1. The molecule has 1 saturated carbocycles. The van der Waals surface area contributed by atoms with E-state index in [1.807, 2.05) is 11.4 Å². The highest BCUT2D eigenvalue weighted by atomic mass is 79.9. The Morgan fingerprint density at radius 3 is 2.74 bits per heavy atom. The van der Waals surface area contributed by atoms with Crippen molar-refractivity contribution < 1.29 is 4.79 Å². The van der Waals surface area contributed by atoms with Crippen molar-refractivity contribution in [2.75, 3.05) is 5.75 Å². The highest BCUT2D eigenvalue weighted by Gasteiger charge is 2.24. The summed E-state index contributed by atoms with van der Waals surface area (Å²) < 4.78 is 3.20. The van der Waals surface area contributed by atoms with E-state index in [2.05, 4.69) is 48.2 Å². The first-order valence-electron chi connectivity index (χ1n) is 9.07. The molecular weight excluding hydrogens is 462 g/mol. The Hall–Kier alpha value is -0.960. The summed E-state index contributed by atoms with van der Waals surface area (Å²) in [6.45, 7) is 0. The number of thiophene rings is 2. The molecule has 0 bridgehead atoms. The lowest BCUT2D eigenvalue weighted by atomic mass is 9.95. The van der Waals surface area contributed by atoms with Gasteiger partial charge in [0.2, 0.25) is 0 Å². The van der Waals surface area contributed by atoms with Crippen molar-refractivity contribution in [3.63, 3.8) is 0 Å². The molecule has 3 aromatic rings. The Morgan fingerprint density at radius 1 is 1.19 bits per heavy atom. The summed E-state index contributed by atoms with van der Waals surface area (Å²) in [6, 6.07) is 6.60. The lowest BCUT2D eigenvalue weighted by molar-refractivity contribution is 0.102. The molecule has 0 N–H and O–H groups in total. The van der Waals surface area contributed by atoms with Crippen molar-refractivity contribution in [3.8, 4) is 0 Å². The van der Waals surface area contributed by atoms with Crippen LogP contribution in [0.1, 0.15) is 58.5 Å². The molecule has 0 atom stereocenters. The second kappa shape index (κ2) is 9.03. The van der Waals surface area contributed by atoms with E-state index < -0.39 is 0 Å². The second-order valence-electron chi connectivity index (χ2n) is 6.63. The van der Waals surface area contributed by atoms with Gasteiger partial charge >= 0.3 is 0 Å². The third kappa shape index (κ3) is 4.55. The van der Waals surface area contributed by atoms with Gasteiger partial charge in [0.05, 0.1) is 10.6 Å². The molecule has 3 heterocycles. The Bertz CT molecular complexity index is 897. The van der Waals surface area contributed by atoms with Gasteiger partial charge in [-0.3, -0.25) is 4.79 Å². The number of hydrogen-bond donors (Lipinski definition) is 0. The molecule has 0 unspecified atom stereocenters. The molecule has 0 aliphatic heterocycles. The average Bonchev–Trinajstić information content (AvgIpc) is 3.42. The SMILES string of the molecule is O=C(CSc1nnc(Cc2cccs2)n1C1CCCCC1)c1sccc1Br. The van der Waals surface area contributed by atoms with E-state index >= 15 is 0 Å². The number of nitrogens with zero attached hydrogens (tertiary/aromatic N) is 3. The van der Waals surface area contributed by atoms with Gasteiger partial charge in [0.25, 0.3) is 0 Å². The summed E-state index contributed by atoms with van der Waals surface area (Å²) in [6.07, 6.45) is 6.98. The normalized spacial score (nSPS) is 15.3. The highest BCUT2D eigenvalue weighted by molar-refractivity contribution is 9.10. The molecule has 0 amide bonds. The van der Waals surface area contributed by atoms with Gasteiger partial charge in [-0.25, -0.2) is 0 Å². The predicted octanol–water partition coefficient (Wildman–Crippen LogP) is 6.23. The third-order valence-electron chi connectivity index (χ3n) is 4.79. The molecule has 0 radical (unpaired) electrons. The van der Waals surface area contributed by atoms with Crippen LogP contribution in [-0.2, 0) is 6.42 Å². The van der Waals surface area contributed by atoms with Crippen LogP contribution in [0.3, 0.4) is 0 Å². The Kier molecular flexibility index (Phi) is 6.47. The van der Waals surface area contributed by atoms with E-state index in [9.17, 15) is 4.79 Å². The fourth-order valence-electron chi connectivity index (χ4n) is 3.49. The number of carbonyl (C=O) groups excluding carboxylic acids is 1. The maximum absolute atomic E-state index is 12.6. The molecule has 8 heteroatoms. The van der Waals surface area contributed by atoms with Gasteiger partial charge in [-0.2, -0.15) is 0 Å². The summed E-state index contributed by atoms with van der Waals surface area (Å²) in [7, 11) is 0. The number of rotatable bonds is 7. The van der Waals surface area contributed by atoms with Crippen molar-refractivity contribution in [3.05, 3.63) is 49.0 Å². The minimum atomic E-state index is 0.139. The Balaban J connectivity index is 1.54. The van der Waals surface area contributed by atoms with Crippen molar-refractivity contribution in [2.45, 2.75) is 49.7 Å². The number of ketones is 1. The largest absolute Gasteiger partial charge is 0.303 e. The van der Waals surface area contributed by atoms with Crippen LogP contribution in [0.15, 0.2) is 38.6 Å². The lowest BCUT2D eigenvalue weighted by Gasteiger charge is -2.25. The fourth-order valence-corrected chi connectivity index (χ4v) is 6.71. The van der Waals surface area contributed by atoms with Crippen LogP contribution in [0, 0.1) is 0 Å². The molecule has 0 aromatic carbocycles. The summed E-state index contributed by atoms with van der Waals surface area (Å²) >= 11 is 8.21. The van der Waals surface area contributed by atoms with Gasteiger partial charge in [-0.05, 0) is 51.7 Å². The fraction of sp³-hybridized carbons (Fsp3) is 0.421. The molecule has 27 heavy (non-hydrogen) atoms. The van der Waals surface area contributed by atoms with Crippen LogP contribution in [0.2, 0.25) is 0 Å². The minimum absolute atomic E-state index is 0.139. The summed E-state index contributed by atoms with van der Waals surface area (Å²) in [5.74, 6) is 1.56. The molecule has 4 nitrogen and oxygen atoms in total. The van der Waals surface area contributed by atoms with Gasteiger partial charge in [0.1, 0.15) is 5.82 Å². The monoisotopic (exact) mass is 481 g/mol. The standard InChI is InChI=1S/C19H20BrN3OS3/c20-15-8-10-26-18(15)16(24)12-27-19-22-21-17(11-14-7-4-9-25-14)23(19)13-5-2-1-3-6-13/h4,7-10,13H,1-3,5-6,11-12H2. The lowest BCUT2D eigenvalue weighted by Crippen LogP contribution is -2.17. The molecule has 4 rings (SSSR count). The zero-order valence-electron chi connectivity index (χ0n) is 14.8. The first-order valence-corrected chi connectivity index (χ1v) is 12.6. The Labute approximate surface area is 179 Å². The zero-order chi connectivity index (χ0) is 18.6. The van der Waals surface area contributed by atoms with E-state index in [-0.39, 0.29) is 5.78 Å². The number of Topliss-reactive ketones (excluding diaryl/α,β-unsaturated/α-hetero) is 1. The van der Waals surface area contributed by atoms with Crippen LogP contribution in [0.25, 0.3) is 0 Å². The molecule has 0 spiro atoms. The number of aromatic nitrogens is 3. The van der Waals surface area contributed by atoms with Crippen molar-refractivity contribution in [1.29, 1.82) is 0 Å². The van der Waals surface area contributed by atoms with E-state index in [0.717, 1.165) is 26.8 Å².